The molecule has 0 spiro atoms. The van der Waals surface area contributed by atoms with Gasteiger partial charge < -0.3 is 30.8 Å². The van der Waals surface area contributed by atoms with Gasteiger partial charge in [0.1, 0.15) is 0 Å². The van der Waals surface area contributed by atoms with E-state index in [0.717, 1.165) is 51.0 Å². The van der Waals surface area contributed by atoms with E-state index in [1.165, 1.54) is 0 Å². The van der Waals surface area contributed by atoms with Gasteiger partial charge in [-0.25, -0.2) is 0 Å². The van der Waals surface area contributed by atoms with Gasteiger partial charge in [0.15, 0.2) is 0 Å². The smallest absolute Gasteiger partial charge is 0.307 e. The predicted molar refractivity (Wildman–Crippen MR) is 164 cm³/mol. The van der Waals surface area contributed by atoms with Crippen LogP contribution in [0.5, 0.6) is 0 Å². The normalized spacial score (nSPS) is 22.1. The average molecular weight is 589 g/mol. The number of amides is 2. The molecule has 0 aromatic carbocycles. The van der Waals surface area contributed by atoms with Crippen LogP contribution in [0.25, 0.3) is 18.2 Å². The number of hydrogen-bond donors (Lipinski definition) is 6. The zero-order valence-electron chi connectivity index (χ0n) is 25.3. The molecule has 10 heteroatoms. The maximum Gasteiger partial charge on any atom is 0.307 e. The molecule has 2 aromatic heterocycles. The maximum absolute atomic E-state index is 12.4. The number of aliphatic carboxylic acids is 2. The largest absolute Gasteiger partial charge is 0.481 e. The second-order valence-electron chi connectivity index (χ2n) is 11.4. The van der Waals surface area contributed by atoms with E-state index >= 15 is 0 Å². The van der Waals surface area contributed by atoms with Crippen LogP contribution in [0.1, 0.15) is 73.8 Å². The van der Waals surface area contributed by atoms with Gasteiger partial charge in [-0.05, 0) is 73.2 Å². The molecular formula is C33H40N4O6. The van der Waals surface area contributed by atoms with Gasteiger partial charge in [0, 0.05) is 58.4 Å². The first kappa shape index (κ1) is 31.3. The van der Waals surface area contributed by atoms with Gasteiger partial charge in [0.05, 0.1) is 12.5 Å². The summed E-state index contributed by atoms with van der Waals surface area (Å²) in [6.07, 6.45) is 8.35. The van der Waals surface area contributed by atoms with E-state index in [1.54, 1.807) is 12.2 Å². The van der Waals surface area contributed by atoms with Crippen LogP contribution in [-0.4, -0.2) is 50.0 Å². The number of allylic oxidation sites excluding steroid dienone is 1. The maximum atomic E-state index is 12.4. The molecule has 0 radical (unpaired) electrons. The number of carboxylic acid groups (broad SMARTS) is 2. The molecule has 43 heavy (non-hydrogen) atoms. The lowest BCUT2D eigenvalue weighted by Crippen LogP contribution is -2.30. The highest BCUT2D eigenvalue weighted by Crippen LogP contribution is 2.30. The molecule has 2 aliphatic heterocycles. The Morgan fingerprint density at radius 2 is 1.72 bits per heavy atom. The summed E-state index contributed by atoms with van der Waals surface area (Å²) in [4.78, 5) is 54.7. The van der Waals surface area contributed by atoms with Crippen LogP contribution in [0.15, 0.2) is 29.5 Å². The molecule has 2 amide bonds. The van der Waals surface area contributed by atoms with E-state index in [2.05, 4.69) is 27.2 Å². The molecule has 1 saturated heterocycles. The van der Waals surface area contributed by atoms with Gasteiger partial charge in [0.2, 0.25) is 5.91 Å². The second-order valence-corrected chi connectivity index (χ2v) is 11.4. The van der Waals surface area contributed by atoms with Gasteiger partial charge in [0.25, 0.3) is 5.91 Å². The first-order valence-corrected chi connectivity index (χ1v) is 14.6. The third-order valence-electron chi connectivity index (χ3n) is 8.78. The van der Waals surface area contributed by atoms with Crippen molar-refractivity contribution in [2.75, 3.05) is 0 Å². The lowest BCUT2D eigenvalue weighted by Gasteiger charge is -2.12. The summed E-state index contributed by atoms with van der Waals surface area (Å²) in [5.41, 5.74) is 7.21. The Hall–Kier alpha value is -4.60. The van der Waals surface area contributed by atoms with E-state index in [4.69, 9.17) is 0 Å². The highest BCUT2D eigenvalue weighted by atomic mass is 16.4. The average Bonchev–Trinajstić information content (AvgIpc) is 3.59. The van der Waals surface area contributed by atoms with Crippen molar-refractivity contribution >= 4 is 42.0 Å². The van der Waals surface area contributed by atoms with Crippen LogP contribution >= 0.6 is 0 Å². The Balaban J connectivity index is 1.86. The van der Waals surface area contributed by atoms with E-state index in [9.17, 15) is 29.4 Å². The van der Waals surface area contributed by atoms with E-state index in [0.29, 0.717) is 29.5 Å². The monoisotopic (exact) mass is 588 g/mol. The van der Waals surface area contributed by atoms with Crippen molar-refractivity contribution in [3.8, 4) is 0 Å². The zero-order valence-corrected chi connectivity index (χ0v) is 25.3. The number of carboxylic acids is 2. The summed E-state index contributed by atoms with van der Waals surface area (Å²) in [5, 5.41) is 26.2. The van der Waals surface area contributed by atoms with Gasteiger partial charge in [-0.1, -0.05) is 32.6 Å². The van der Waals surface area contributed by atoms with E-state index < -0.39 is 11.9 Å². The molecule has 3 atom stereocenters. The molecule has 0 aliphatic carbocycles. The lowest BCUT2D eigenvalue weighted by atomic mass is 9.92. The van der Waals surface area contributed by atoms with Crippen molar-refractivity contribution in [2.24, 2.45) is 11.8 Å². The number of aromatic amines is 2. The molecule has 10 nitrogen and oxygen atoms in total. The van der Waals surface area contributed by atoms with E-state index in [1.807, 2.05) is 46.8 Å². The van der Waals surface area contributed by atoms with Crippen LogP contribution in [0, 0.1) is 25.7 Å². The highest BCUT2D eigenvalue weighted by molar-refractivity contribution is 6.00. The summed E-state index contributed by atoms with van der Waals surface area (Å²) in [7, 11) is 0. The Morgan fingerprint density at radius 3 is 2.33 bits per heavy atom. The van der Waals surface area contributed by atoms with Crippen LogP contribution in [0.3, 0.4) is 0 Å². The van der Waals surface area contributed by atoms with Gasteiger partial charge in [-0.15, -0.1) is 0 Å². The molecule has 2 aromatic rings. The highest BCUT2D eigenvalue weighted by Gasteiger charge is 2.34. The Bertz CT molecular complexity index is 1690. The van der Waals surface area contributed by atoms with Crippen LogP contribution < -0.4 is 21.2 Å². The fourth-order valence-corrected chi connectivity index (χ4v) is 6.15. The lowest BCUT2D eigenvalue weighted by molar-refractivity contribution is -0.137. The summed E-state index contributed by atoms with van der Waals surface area (Å²) >= 11 is 0. The van der Waals surface area contributed by atoms with Crippen molar-refractivity contribution in [1.29, 1.82) is 0 Å². The molecule has 228 valence electrons. The fraction of sp³-hybridized carbons (Fsp3) is 0.394. The Kier molecular flexibility index (Phi) is 9.27. The molecule has 0 bridgehead atoms. The van der Waals surface area contributed by atoms with Crippen molar-refractivity contribution in [2.45, 2.75) is 72.8 Å². The van der Waals surface area contributed by atoms with Crippen molar-refractivity contribution < 1.29 is 29.4 Å². The first-order valence-electron chi connectivity index (χ1n) is 14.6. The molecule has 2 aliphatic rings. The van der Waals surface area contributed by atoms with Gasteiger partial charge in [-0.3, -0.25) is 19.2 Å². The quantitative estimate of drug-likeness (QED) is 0.236. The van der Waals surface area contributed by atoms with Crippen molar-refractivity contribution in [3.63, 3.8) is 0 Å². The minimum Gasteiger partial charge on any atom is -0.481 e. The summed E-state index contributed by atoms with van der Waals surface area (Å²) in [6.45, 7) is 13.4. The number of carbonyl (C=O) groups is 4. The Labute approximate surface area is 250 Å². The first-order chi connectivity index (χ1) is 20.4. The molecule has 0 saturated carbocycles. The minimum atomic E-state index is -0.963. The molecule has 0 unspecified atom stereocenters. The molecular weight excluding hydrogens is 548 g/mol. The van der Waals surface area contributed by atoms with Crippen LogP contribution in [-0.2, 0) is 32.0 Å². The number of nitrogens with one attached hydrogen (secondary N) is 4. The van der Waals surface area contributed by atoms with Crippen LogP contribution in [0.4, 0.5) is 0 Å². The third kappa shape index (κ3) is 6.43. The van der Waals surface area contributed by atoms with Crippen molar-refractivity contribution in [1.82, 2.24) is 20.6 Å². The van der Waals surface area contributed by atoms with Crippen molar-refractivity contribution in [3.05, 3.63) is 73.8 Å². The van der Waals surface area contributed by atoms with Gasteiger partial charge >= 0.3 is 11.9 Å². The van der Waals surface area contributed by atoms with E-state index in [-0.39, 0.29) is 42.5 Å². The topological polar surface area (TPSA) is 164 Å². The number of carbonyl (C=O) groups excluding carboxylic acids is 2. The SMILES string of the molecule is C=CC1=C(C)[C@@H](Cc2[nH]c(/C=c3\[nH]c(/C=C4\NC(=O)[C@H](C)[C@H]4CC)c(C)\c3=C/CC(=O)O)c(CCC(=O)O)c2C)NC1=O. The van der Waals surface area contributed by atoms with Gasteiger partial charge in [-0.2, -0.15) is 0 Å². The number of rotatable bonds is 11. The number of hydrogen-bond acceptors (Lipinski definition) is 4. The molecule has 6 N–H and O–H groups in total. The molecule has 1 fully saturated rings. The predicted octanol–water partition coefficient (Wildman–Crippen LogP) is 2.74. The summed E-state index contributed by atoms with van der Waals surface area (Å²) in [5.74, 6) is -2.15. The van der Waals surface area contributed by atoms with Crippen LogP contribution in [0.2, 0.25) is 0 Å². The molecule has 4 rings (SSSR count). The third-order valence-corrected chi connectivity index (χ3v) is 8.78. The standard InChI is InChI=1S/C33H40N4O6/c1-7-20-19(6)32(42)37-27(20)14-25-18(5)23(10-12-31(40)41)29(35-25)15-28-22(9-11-30(38)39)17(4)24(34-28)13-26-16(3)21(8-2)33(43)36-26/h8,10,14-15,19-20,26,34-35H,2,7,9,11-13H2,1,3-6H3,(H,36,43)(H,37,42)(H,38,39)(H,40,41)/b23-10+,27-14-,29-15-/t19-,20-,26-/m1/s1. The summed E-state index contributed by atoms with van der Waals surface area (Å²) in [6, 6.07) is -0.223. The summed E-state index contributed by atoms with van der Waals surface area (Å²) < 4.78 is 0. The number of aromatic nitrogens is 2. The fourth-order valence-electron chi connectivity index (χ4n) is 6.15. The number of H-pyrrole nitrogens is 2. The zero-order chi connectivity index (χ0) is 31.6. The second kappa shape index (κ2) is 12.7. The minimum absolute atomic E-state index is 0.0204. The Morgan fingerprint density at radius 1 is 1.00 bits per heavy atom. The molecule has 4 heterocycles.